The fraction of sp³-hybridized carbons (Fsp3) is 0.312. The van der Waals surface area contributed by atoms with Crippen molar-refractivity contribution in [1.82, 2.24) is 30.0 Å². The van der Waals surface area contributed by atoms with Crippen LogP contribution in [0.25, 0.3) is 11.0 Å². The van der Waals surface area contributed by atoms with Crippen LogP contribution in [0, 0.1) is 13.8 Å². The molecule has 0 radical (unpaired) electrons. The number of pyridine rings is 1. The van der Waals surface area contributed by atoms with Crippen molar-refractivity contribution in [3.63, 3.8) is 0 Å². The second-order valence-corrected chi connectivity index (χ2v) is 5.71. The fourth-order valence-corrected chi connectivity index (χ4v) is 2.62. The second kappa shape index (κ2) is 6.23. The average molecular weight is 325 g/mol. The molecule has 0 spiro atoms. The summed E-state index contributed by atoms with van der Waals surface area (Å²) in [7, 11) is 1.82. The highest BCUT2D eigenvalue weighted by atomic mass is 16.2. The van der Waals surface area contributed by atoms with E-state index < -0.39 is 0 Å². The highest BCUT2D eigenvalue weighted by Gasteiger charge is 2.17. The molecule has 8 heteroatoms. The van der Waals surface area contributed by atoms with E-state index >= 15 is 0 Å². The quantitative estimate of drug-likeness (QED) is 0.582. The van der Waals surface area contributed by atoms with Crippen LogP contribution >= 0.6 is 0 Å². The normalized spacial score (nSPS) is 11.9. The van der Waals surface area contributed by atoms with E-state index in [0.29, 0.717) is 17.8 Å². The fourth-order valence-electron chi connectivity index (χ4n) is 2.62. The zero-order valence-electron chi connectivity index (χ0n) is 14.1. The molecule has 0 saturated carbocycles. The lowest BCUT2D eigenvalue weighted by Crippen LogP contribution is -2.21. The number of rotatable bonds is 4. The van der Waals surface area contributed by atoms with Crippen LogP contribution < -0.4 is 5.43 Å². The Labute approximate surface area is 139 Å². The maximum atomic E-state index is 12.6. The van der Waals surface area contributed by atoms with Gasteiger partial charge in [0.25, 0.3) is 5.91 Å². The van der Waals surface area contributed by atoms with E-state index in [4.69, 9.17) is 0 Å². The van der Waals surface area contributed by atoms with Gasteiger partial charge in [-0.05, 0) is 32.9 Å². The zero-order chi connectivity index (χ0) is 17.3. The topological polar surface area (TPSA) is 90.0 Å². The van der Waals surface area contributed by atoms with Gasteiger partial charge in [-0.2, -0.15) is 15.3 Å². The van der Waals surface area contributed by atoms with Crippen molar-refractivity contribution >= 4 is 22.7 Å². The van der Waals surface area contributed by atoms with Crippen molar-refractivity contribution in [3.05, 3.63) is 41.5 Å². The molecule has 3 aromatic rings. The highest BCUT2D eigenvalue weighted by molar-refractivity contribution is 6.06. The summed E-state index contributed by atoms with van der Waals surface area (Å²) in [5, 5.41) is 13.4. The zero-order valence-corrected chi connectivity index (χ0v) is 14.1. The Morgan fingerprint density at radius 2 is 2.17 bits per heavy atom. The van der Waals surface area contributed by atoms with Crippen molar-refractivity contribution in [2.24, 2.45) is 12.1 Å². The molecule has 3 aromatic heterocycles. The summed E-state index contributed by atoms with van der Waals surface area (Å²) >= 11 is 0. The maximum absolute atomic E-state index is 12.6. The Bertz CT molecular complexity index is 922. The van der Waals surface area contributed by atoms with Gasteiger partial charge in [0, 0.05) is 25.1 Å². The summed E-state index contributed by atoms with van der Waals surface area (Å²) < 4.78 is 3.42. The molecule has 0 aliphatic heterocycles. The predicted octanol–water partition coefficient (Wildman–Crippen LogP) is 1.59. The summed E-state index contributed by atoms with van der Waals surface area (Å²) in [4.78, 5) is 17.0. The monoisotopic (exact) mass is 325 g/mol. The summed E-state index contributed by atoms with van der Waals surface area (Å²) in [6.07, 6.45) is 3.54. The lowest BCUT2D eigenvalue weighted by molar-refractivity contribution is 0.0956. The standard InChI is InChI=1S/C16H19N7O/c1-10-8-13(14-12(3)21-22(4)15(14)18-10)16(24)20-19-11(2)9-23-7-5-6-17-23/h5-8H,9H2,1-4H3,(H,20,24). The first-order valence-corrected chi connectivity index (χ1v) is 7.57. The van der Waals surface area contributed by atoms with E-state index in [1.165, 1.54) is 0 Å². The third-order valence-corrected chi connectivity index (χ3v) is 3.64. The molecule has 3 heterocycles. The van der Waals surface area contributed by atoms with Gasteiger partial charge in [0.05, 0.1) is 28.9 Å². The summed E-state index contributed by atoms with van der Waals surface area (Å²) in [5.74, 6) is -0.276. The molecule has 124 valence electrons. The minimum absolute atomic E-state index is 0.276. The lowest BCUT2D eigenvalue weighted by Gasteiger charge is -2.06. The summed E-state index contributed by atoms with van der Waals surface area (Å²) in [6.45, 7) is 6.07. The third kappa shape index (κ3) is 3.03. The van der Waals surface area contributed by atoms with Crippen LogP contribution in [-0.4, -0.2) is 36.2 Å². The molecule has 8 nitrogen and oxygen atoms in total. The van der Waals surface area contributed by atoms with Gasteiger partial charge in [-0.25, -0.2) is 10.4 Å². The van der Waals surface area contributed by atoms with Gasteiger partial charge in [-0.1, -0.05) is 0 Å². The van der Waals surface area contributed by atoms with Gasteiger partial charge in [-0.15, -0.1) is 0 Å². The Balaban J connectivity index is 1.86. The molecule has 1 amide bonds. The Kier molecular flexibility index (Phi) is 4.11. The molecule has 24 heavy (non-hydrogen) atoms. The number of aryl methyl sites for hydroxylation is 3. The van der Waals surface area contributed by atoms with Crippen LogP contribution in [0.4, 0.5) is 0 Å². The van der Waals surface area contributed by atoms with E-state index in [0.717, 1.165) is 22.5 Å². The Morgan fingerprint density at radius 1 is 1.38 bits per heavy atom. The molecule has 0 bridgehead atoms. The van der Waals surface area contributed by atoms with Crippen LogP contribution in [0.15, 0.2) is 29.6 Å². The number of nitrogens with zero attached hydrogens (tertiary/aromatic N) is 6. The molecule has 0 fully saturated rings. The van der Waals surface area contributed by atoms with Gasteiger partial charge in [0.1, 0.15) is 0 Å². The van der Waals surface area contributed by atoms with Gasteiger partial charge in [0.2, 0.25) is 0 Å². The van der Waals surface area contributed by atoms with Gasteiger partial charge in [-0.3, -0.25) is 14.2 Å². The molecule has 0 atom stereocenters. The maximum Gasteiger partial charge on any atom is 0.272 e. The minimum atomic E-state index is -0.276. The molecule has 0 aliphatic rings. The number of hydrazone groups is 1. The first-order valence-electron chi connectivity index (χ1n) is 7.57. The lowest BCUT2D eigenvalue weighted by atomic mass is 10.1. The third-order valence-electron chi connectivity index (χ3n) is 3.64. The molecular weight excluding hydrogens is 306 g/mol. The molecule has 0 saturated heterocycles. The van der Waals surface area contributed by atoms with Crippen molar-refractivity contribution in [2.45, 2.75) is 27.3 Å². The summed E-state index contributed by atoms with van der Waals surface area (Å²) in [5.41, 5.74) is 6.10. The van der Waals surface area contributed by atoms with Gasteiger partial charge in [0.15, 0.2) is 5.65 Å². The van der Waals surface area contributed by atoms with E-state index in [1.54, 1.807) is 21.6 Å². The van der Waals surface area contributed by atoms with Crippen LogP contribution in [0.2, 0.25) is 0 Å². The highest BCUT2D eigenvalue weighted by Crippen LogP contribution is 2.21. The molecule has 0 aromatic carbocycles. The number of aromatic nitrogens is 5. The first kappa shape index (κ1) is 15.9. The molecular formula is C16H19N7O. The molecule has 1 N–H and O–H groups in total. The van der Waals surface area contributed by atoms with E-state index in [9.17, 15) is 4.79 Å². The Hall–Kier alpha value is -3.03. The van der Waals surface area contributed by atoms with Crippen molar-refractivity contribution in [1.29, 1.82) is 0 Å². The van der Waals surface area contributed by atoms with Crippen LogP contribution in [-0.2, 0) is 13.6 Å². The largest absolute Gasteiger partial charge is 0.272 e. The van der Waals surface area contributed by atoms with Gasteiger partial charge >= 0.3 is 0 Å². The number of hydrogen-bond donors (Lipinski definition) is 1. The van der Waals surface area contributed by atoms with E-state index in [2.05, 4.69) is 25.7 Å². The number of amides is 1. The van der Waals surface area contributed by atoms with Crippen molar-refractivity contribution in [2.75, 3.05) is 0 Å². The number of carbonyl (C=O) groups is 1. The molecule has 3 rings (SSSR count). The number of hydrogen-bond acceptors (Lipinski definition) is 5. The van der Waals surface area contributed by atoms with Crippen LogP contribution in [0.3, 0.4) is 0 Å². The van der Waals surface area contributed by atoms with E-state index in [-0.39, 0.29) is 5.91 Å². The van der Waals surface area contributed by atoms with Crippen molar-refractivity contribution in [3.8, 4) is 0 Å². The Morgan fingerprint density at radius 3 is 2.88 bits per heavy atom. The predicted molar refractivity (Wildman–Crippen MR) is 90.8 cm³/mol. The van der Waals surface area contributed by atoms with Crippen molar-refractivity contribution < 1.29 is 4.79 Å². The van der Waals surface area contributed by atoms with Crippen LogP contribution in [0.1, 0.15) is 28.7 Å². The molecule has 0 aliphatic carbocycles. The molecule has 0 unspecified atom stereocenters. The smallest absolute Gasteiger partial charge is 0.267 e. The number of fused-ring (bicyclic) bond motifs is 1. The van der Waals surface area contributed by atoms with Gasteiger partial charge < -0.3 is 0 Å². The average Bonchev–Trinajstić information content (AvgIpc) is 3.13. The number of nitrogens with one attached hydrogen (secondary N) is 1. The van der Waals surface area contributed by atoms with E-state index in [1.807, 2.05) is 40.1 Å². The SMILES string of the molecule is CC(Cn1cccn1)=NNC(=O)c1cc(C)nc2c1c(C)nn2C. The second-order valence-electron chi connectivity index (χ2n) is 5.71. The van der Waals surface area contributed by atoms with Crippen LogP contribution in [0.5, 0.6) is 0 Å². The minimum Gasteiger partial charge on any atom is -0.267 e. The number of carbonyl (C=O) groups excluding carboxylic acids is 1. The summed E-state index contributed by atoms with van der Waals surface area (Å²) in [6, 6.07) is 3.60. The first-order chi connectivity index (χ1) is 11.5.